The van der Waals surface area contributed by atoms with Crippen LogP contribution in [0.2, 0.25) is 0 Å². The fourth-order valence-corrected chi connectivity index (χ4v) is 2.93. The Bertz CT molecular complexity index is 812. The van der Waals surface area contributed by atoms with E-state index in [0.717, 1.165) is 33.3 Å². The number of nitrogens with zero attached hydrogens (tertiary/aromatic N) is 3. The number of aryl methyl sites for hydroxylation is 2. The van der Waals surface area contributed by atoms with Crippen molar-refractivity contribution in [3.63, 3.8) is 0 Å². The predicted octanol–water partition coefficient (Wildman–Crippen LogP) is 3.75. The van der Waals surface area contributed by atoms with Crippen LogP contribution in [0, 0.1) is 4.77 Å². The molecule has 0 saturated carbocycles. The zero-order valence-corrected chi connectivity index (χ0v) is 13.0. The number of hydrogen-bond donors (Lipinski definition) is 1. The van der Waals surface area contributed by atoms with Gasteiger partial charge in [-0.3, -0.25) is 9.25 Å². The lowest BCUT2D eigenvalue weighted by atomic mass is 10.2. The lowest BCUT2D eigenvalue weighted by molar-refractivity contribution is 0.746. The summed E-state index contributed by atoms with van der Waals surface area (Å²) in [6.45, 7) is 2.10. The molecule has 0 aliphatic rings. The average Bonchev–Trinajstić information content (AvgIpc) is 2.88. The van der Waals surface area contributed by atoms with Crippen molar-refractivity contribution in [1.82, 2.24) is 19.3 Å². The van der Waals surface area contributed by atoms with Crippen LogP contribution in [0.5, 0.6) is 0 Å². The zero-order chi connectivity index (χ0) is 13.6. The summed E-state index contributed by atoms with van der Waals surface area (Å²) in [7, 11) is 1.93. The number of imidazole rings is 1. The van der Waals surface area contributed by atoms with Crippen molar-refractivity contribution in [1.29, 1.82) is 0 Å². The van der Waals surface area contributed by atoms with Gasteiger partial charge in [0.25, 0.3) is 0 Å². The van der Waals surface area contributed by atoms with Crippen LogP contribution < -0.4 is 0 Å². The summed E-state index contributed by atoms with van der Waals surface area (Å²) in [6, 6.07) is 6.09. The van der Waals surface area contributed by atoms with E-state index in [9.17, 15) is 0 Å². The Morgan fingerprint density at radius 3 is 2.95 bits per heavy atom. The molecule has 0 atom stereocenters. The van der Waals surface area contributed by atoms with Crippen molar-refractivity contribution < 1.29 is 0 Å². The molecule has 0 amide bonds. The number of fused-ring (bicyclic) bond motifs is 1. The minimum absolute atomic E-state index is 0.691. The van der Waals surface area contributed by atoms with Gasteiger partial charge in [0.05, 0.1) is 22.4 Å². The van der Waals surface area contributed by atoms with Crippen LogP contribution in [0.25, 0.3) is 16.7 Å². The number of aromatic amines is 1. The van der Waals surface area contributed by atoms with Gasteiger partial charge in [0.1, 0.15) is 0 Å². The number of benzene rings is 1. The first-order valence-corrected chi connectivity index (χ1v) is 7.23. The molecule has 3 rings (SSSR count). The van der Waals surface area contributed by atoms with E-state index in [-0.39, 0.29) is 0 Å². The number of aromatic nitrogens is 4. The molecule has 0 spiro atoms. The second-order valence-corrected chi connectivity index (χ2v) is 5.72. The molecule has 0 aliphatic heterocycles. The Labute approximate surface area is 124 Å². The van der Waals surface area contributed by atoms with Gasteiger partial charge in [-0.15, -0.1) is 0 Å². The second-order valence-electron chi connectivity index (χ2n) is 4.42. The number of hydrogen-bond acceptors (Lipinski definition) is 2. The smallest absolute Gasteiger partial charge is 0.182 e. The maximum atomic E-state index is 5.45. The maximum absolute atomic E-state index is 5.45. The van der Waals surface area contributed by atoms with Gasteiger partial charge in [-0.2, -0.15) is 5.10 Å². The normalized spacial score (nSPS) is 11.3. The first kappa shape index (κ1) is 12.6. The van der Waals surface area contributed by atoms with Gasteiger partial charge in [-0.25, -0.2) is 0 Å². The number of H-pyrrole nitrogens is 1. The van der Waals surface area contributed by atoms with E-state index in [1.54, 1.807) is 0 Å². The number of nitrogens with one attached hydrogen (secondary N) is 1. The van der Waals surface area contributed by atoms with Gasteiger partial charge >= 0.3 is 0 Å². The topological polar surface area (TPSA) is 38.5 Å². The van der Waals surface area contributed by atoms with Crippen LogP contribution >= 0.6 is 28.1 Å². The molecule has 2 heterocycles. The number of halogens is 1. The first-order valence-electron chi connectivity index (χ1n) is 6.03. The molecule has 6 heteroatoms. The van der Waals surface area contributed by atoms with Crippen LogP contribution in [-0.4, -0.2) is 19.3 Å². The average molecular weight is 337 g/mol. The molecule has 19 heavy (non-hydrogen) atoms. The molecule has 0 unspecified atom stereocenters. The highest BCUT2D eigenvalue weighted by Crippen LogP contribution is 2.24. The third kappa shape index (κ3) is 2.04. The minimum Gasteiger partial charge on any atom is -0.330 e. The highest BCUT2D eigenvalue weighted by Gasteiger charge is 2.13. The largest absolute Gasteiger partial charge is 0.330 e. The molecule has 98 valence electrons. The van der Waals surface area contributed by atoms with Crippen molar-refractivity contribution in [3.05, 3.63) is 39.3 Å². The first-order chi connectivity index (χ1) is 9.10. The van der Waals surface area contributed by atoms with Crippen LogP contribution in [0.3, 0.4) is 0 Å². The second kappa shape index (κ2) is 4.61. The molecule has 0 radical (unpaired) electrons. The monoisotopic (exact) mass is 336 g/mol. The summed E-state index contributed by atoms with van der Waals surface area (Å²) in [5, 5.41) is 4.48. The molecule has 1 N–H and O–H groups in total. The van der Waals surface area contributed by atoms with Crippen molar-refractivity contribution in [2.45, 2.75) is 13.3 Å². The van der Waals surface area contributed by atoms with Gasteiger partial charge in [-0.1, -0.05) is 22.9 Å². The van der Waals surface area contributed by atoms with E-state index in [0.29, 0.717) is 4.77 Å². The fourth-order valence-electron chi connectivity index (χ4n) is 2.28. The zero-order valence-electron chi connectivity index (χ0n) is 10.6. The Morgan fingerprint density at radius 1 is 1.42 bits per heavy atom. The summed E-state index contributed by atoms with van der Waals surface area (Å²) >= 11 is 8.96. The molecule has 4 nitrogen and oxygen atoms in total. The predicted molar refractivity (Wildman–Crippen MR) is 82.3 cm³/mol. The summed E-state index contributed by atoms with van der Waals surface area (Å²) in [4.78, 5) is 3.23. The molecule has 3 aromatic rings. The van der Waals surface area contributed by atoms with E-state index in [1.165, 1.54) is 0 Å². The molecule has 0 aliphatic carbocycles. The summed E-state index contributed by atoms with van der Waals surface area (Å²) < 4.78 is 5.59. The summed E-state index contributed by atoms with van der Waals surface area (Å²) in [5.41, 5.74) is 4.17. The fraction of sp³-hybridized carbons (Fsp3) is 0.231. The third-order valence-corrected chi connectivity index (χ3v) is 3.88. The lowest BCUT2D eigenvalue weighted by Gasteiger charge is -2.03. The molecular weight excluding hydrogens is 324 g/mol. The molecule has 1 aromatic carbocycles. The van der Waals surface area contributed by atoms with Crippen LogP contribution in [0.15, 0.2) is 28.9 Å². The SMILES string of the molecule is CCc1nn(C)cc1-n1c(=S)[nH]c2ccc(Br)cc21. The van der Waals surface area contributed by atoms with Gasteiger partial charge in [0, 0.05) is 17.7 Å². The van der Waals surface area contributed by atoms with E-state index < -0.39 is 0 Å². The minimum atomic E-state index is 0.691. The van der Waals surface area contributed by atoms with Crippen molar-refractivity contribution >= 4 is 39.2 Å². The highest BCUT2D eigenvalue weighted by atomic mass is 79.9. The summed E-state index contributed by atoms with van der Waals surface area (Å²) in [5.74, 6) is 0. The van der Waals surface area contributed by atoms with Gasteiger partial charge < -0.3 is 4.98 Å². The molecule has 0 fully saturated rings. The maximum Gasteiger partial charge on any atom is 0.182 e. The third-order valence-electron chi connectivity index (χ3n) is 3.10. The van der Waals surface area contributed by atoms with E-state index >= 15 is 0 Å². The van der Waals surface area contributed by atoms with Crippen molar-refractivity contribution in [3.8, 4) is 5.69 Å². The van der Waals surface area contributed by atoms with Crippen LogP contribution in [-0.2, 0) is 13.5 Å². The summed E-state index contributed by atoms with van der Waals surface area (Å²) in [6.07, 6.45) is 2.88. The van der Waals surface area contributed by atoms with Gasteiger partial charge in [0.2, 0.25) is 0 Å². The molecular formula is C13H13BrN4S. The van der Waals surface area contributed by atoms with E-state index in [1.807, 2.05) is 34.6 Å². The highest BCUT2D eigenvalue weighted by molar-refractivity contribution is 9.10. The molecule has 2 aromatic heterocycles. The van der Waals surface area contributed by atoms with E-state index in [2.05, 4.69) is 39.0 Å². The van der Waals surface area contributed by atoms with Crippen LogP contribution in [0.1, 0.15) is 12.6 Å². The van der Waals surface area contributed by atoms with Gasteiger partial charge in [-0.05, 0) is 36.8 Å². The van der Waals surface area contributed by atoms with E-state index in [4.69, 9.17) is 12.2 Å². The molecule has 0 bridgehead atoms. The lowest BCUT2D eigenvalue weighted by Crippen LogP contribution is -1.96. The Balaban J connectivity index is 2.38. The molecule has 0 saturated heterocycles. The van der Waals surface area contributed by atoms with Crippen molar-refractivity contribution in [2.75, 3.05) is 0 Å². The Kier molecular flexibility index (Phi) is 3.06. The van der Waals surface area contributed by atoms with Gasteiger partial charge in [0.15, 0.2) is 4.77 Å². The number of rotatable bonds is 2. The van der Waals surface area contributed by atoms with Crippen LogP contribution in [0.4, 0.5) is 0 Å². The standard InChI is InChI=1S/C13H13BrN4S/c1-3-9-12(7-17(2)16-9)18-11-6-8(14)4-5-10(11)15-13(18)19/h4-7H,3H2,1-2H3,(H,15,19). The Morgan fingerprint density at radius 2 is 2.21 bits per heavy atom. The quantitative estimate of drug-likeness (QED) is 0.724. The van der Waals surface area contributed by atoms with Crippen molar-refractivity contribution in [2.24, 2.45) is 7.05 Å². The Hall–Kier alpha value is -1.40.